The fourth-order valence-electron chi connectivity index (χ4n) is 2.32. The van der Waals surface area contributed by atoms with Crippen LogP contribution in [-0.2, 0) is 11.2 Å². The van der Waals surface area contributed by atoms with Crippen LogP contribution in [0.5, 0.6) is 0 Å². The van der Waals surface area contributed by atoms with E-state index in [1.54, 1.807) is 0 Å². The van der Waals surface area contributed by atoms with Crippen LogP contribution in [0.1, 0.15) is 5.56 Å². The molecule has 1 aromatic carbocycles. The highest BCUT2D eigenvalue weighted by Gasteiger charge is 2.19. The smallest absolute Gasteiger partial charge is 0.228 e. The number of benzene rings is 1. The zero-order chi connectivity index (χ0) is 11.0. The SMILES string of the molecule is O=C1Cc2ccc(N3CCNCC3)cc2N1. The zero-order valence-electron chi connectivity index (χ0n) is 9.12. The molecule has 4 heteroatoms. The molecule has 2 heterocycles. The van der Waals surface area contributed by atoms with Crippen LogP contribution < -0.4 is 15.5 Å². The lowest BCUT2D eigenvalue weighted by Crippen LogP contribution is -2.43. The largest absolute Gasteiger partial charge is 0.369 e. The minimum atomic E-state index is 0.104. The molecule has 0 saturated carbocycles. The van der Waals surface area contributed by atoms with Gasteiger partial charge >= 0.3 is 0 Å². The van der Waals surface area contributed by atoms with Crippen LogP contribution >= 0.6 is 0 Å². The molecule has 0 spiro atoms. The highest BCUT2D eigenvalue weighted by molar-refractivity contribution is 5.99. The molecule has 2 aliphatic heterocycles. The Morgan fingerprint density at radius 2 is 2.00 bits per heavy atom. The molecule has 0 atom stereocenters. The van der Waals surface area contributed by atoms with Crippen molar-refractivity contribution in [1.29, 1.82) is 0 Å². The van der Waals surface area contributed by atoms with Gasteiger partial charge in [0.25, 0.3) is 0 Å². The molecule has 0 unspecified atom stereocenters. The minimum absolute atomic E-state index is 0.104. The number of nitrogens with one attached hydrogen (secondary N) is 2. The van der Waals surface area contributed by atoms with Crippen molar-refractivity contribution < 1.29 is 4.79 Å². The van der Waals surface area contributed by atoms with Gasteiger partial charge in [-0.2, -0.15) is 0 Å². The summed E-state index contributed by atoms with van der Waals surface area (Å²) >= 11 is 0. The minimum Gasteiger partial charge on any atom is -0.369 e. The average molecular weight is 217 g/mol. The Balaban J connectivity index is 1.86. The Bertz CT molecular complexity index is 424. The Kier molecular flexibility index (Phi) is 2.29. The molecule has 1 saturated heterocycles. The third-order valence-corrected chi connectivity index (χ3v) is 3.20. The quantitative estimate of drug-likeness (QED) is 0.723. The van der Waals surface area contributed by atoms with Crippen LogP contribution in [-0.4, -0.2) is 32.1 Å². The molecule has 3 rings (SSSR count). The number of hydrogen-bond acceptors (Lipinski definition) is 3. The van der Waals surface area contributed by atoms with Gasteiger partial charge in [0.1, 0.15) is 0 Å². The highest BCUT2D eigenvalue weighted by Crippen LogP contribution is 2.28. The number of fused-ring (bicyclic) bond motifs is 1. The monoisotopic (exact) mass is 217 g/mol. The van der Waals surface area contributed by atoms with Gasteiger partial charge in [0.05, 0.1) is 6.42 Å². The summed E-state index contributed by atoms with van der Waals surface area (Å²) in [6.07, 6.45) is 0.525. The molecular formula is C12H15N3O. The van der Waals surface area contributed by atoms with Crippen molar-refractivity contribution in [2.24, 2.45) is 0 Å². The van der Waals surface area contributed by atoms with Gasteiger partial charge in [-0.3, -0.25) is 4.79 Å². The average Bonchev–Trinajstić information content (AvgIpc) is 2.69. The molecule has 2 aliphatic rings. The summed E-state index contributed by atoms with van der Waals surface area (Å²) in [6, 6.07) is 6.26. The van der Waals surface area contributed by atoms with E-state index in [0.717, 1.165) is 37.4 Å². The maximum absolute atomic E-state index is 11.3. The van der Waals surface area contributed by atoms with E-state index in [0.29, 0.717) is 6.42 Å². The van der Waals surface area contributed by atoms with Crippen LogP contribution in [0.25, 0.3) is 0 Å². The number of carbonyl (C=O) groups is 1. The summed E-state index contributed by atoms with van der Waals surface area (Å²) in [5, 5.41) is 6.23. The Labute approximate surface area is 94.6 Å². The van der Waals surface area contributed by atoms with Gasteiger partial charge in [0.2, 0.25) is 5.91 Å². The van der Waals surface area contributed by atoms with Gasteiger partial charge in [-0.05, 0) is 17.7 Å². The summed E-state index contributed by atoms with van der Waals surface area (Å²) in [5.74, 6) is 0.104. The van der Waals surface area contributed by atoms with Crippen LogP contribution in [0.4, 0.5) is 11.4 Å². The summed E-state index contributed by atoms with van der Waals surface area (Å²) in [5.41, 5.74) is 3.31. The summed E-state index contributed by atoms with van der Waals surface area (Å²) in [4.78, 5) is 13.6. The molecule has 2 N–H and O–H groups in total. The molecule has 84 valence electrons. The number of anilines is 2. The fraction of sp³-hybridized carbons (Fsp3) is 0.417. The van der Waals surface area contributed by atoms with Crippen LogP contribution in [0.3, 0.4) is 0 Å². The zero-order valence-corrected chi connectivity index (χ0v) is 9.12. The van der Waals surface area contributed by atoms with Crippen molar-refractivity contribution in [3.63, 3.8) is 0 Å². The first-order valence-corrected chi connectivity index (χ1v) is 5.71. The Morgan fingerprint density at radius 1 is 1.19 bits per heavy atom. The molecule has 1 amide bonds. The number of nitrogens with zero attached hydrogens (tertiary/aromatic N) is 1. The standard InChI is InChI=1S/C12H15N3O/c16-12-7-9-1-2-10(8-11(9)14-12)15-5-3-13-4-6-15/h1-2,8,13H,3-7H2,(H,14,16). The van der Waals surface area contributed by atoms with E-state index in [-0.39, 0.29) is 5.91 Å². The van der Waals surface area contributed by atoms with Gasteiger partial charge in [-0.1, -0.05) is 6.07 Å². The Hall–Kier alpha value is -1.55. The first kappa shape index (κ1) is 9.66. The van der Waals surface area contributed by atoms with Crippen LogP contribution in [0, 0.1) is 0 Å². The number of rotatable bonds is 1. The third-order valence-electron chi connectivity index (χ3n) is 3.20. The highest BCUT2D eigenvalue weighted by atomic mass is 16.1. The lowest BCUT2D eigenvalue weighted by molar-refractivity contribution is -0.115. The summed E-state index contributed by atoms with van der Waals surface area (Å²) < 4.78 is 0. The number of carbonyl (C=O) groups excluding carboxylic acids is 1. The number of piperazine rings is 1. The van der Waals surface area contributed by atoms with Crippen molar-refractivity contribution in [1.82, 2.24) is 5.32 Å². The van der Waals surface area contributed by atoms with E-state index < -0.39 is 0 Å². The topological polar surface area (TPSA) is 44.4 Å². The first-order chi connectivity index (χ1) is 7.83. The van der Waals surface area contributed by atoms with Gasteiger partial charge in [-0.15, -0.1) is 0 Å². The van der Waals surface area contributed by atoms with E-state index in [1.165, 1.54) is 5.69 Å². The van der Waals surface area contributed by atoms with Gasteiger partial charge in [-0.25, -0.2) is 0 Å². The number of amides is 1. The van der Waals surface area contributed by atoms with Crippen molar-refractivity contribution >= 4 is 17.3 Å². The maximum atomic E-state index is 11.3. The molecule has 0 aromatic heterocycles. The third kappa shape index (κ3) is 1.65. The van der Waals surface area contributed by atoms with E-state index in [4.69, 9.17) is 0 Å². The molecule has 1 fully saturated rings. The van der Waals surface area contributed by atoms with Crippen molar-refractivity contribution in [2.45, 2.75) is 6.42 Å². The fourth-order valence-corrected chi connectivity index (χ4v) is 2.32. The molecule has 0 radical (unpaired) electrons. The van der Waals surface area contributed by atoms with Gasteiger partial charge in [0, 0.05) is 37.6 Å². The molecular weight excluding hydrogens is 202 g/mol. The second kappa shape index (κ2) is 3.79. The molecule has 16 heavy (non-hydrogen) atoms. The van der Waals surface area contributed by atoms with Crippen molar-refractivity contribution in [3.8, 4) is 0 Å². The van der Waals surface area contributed by atoms with Crippen molar-refractivity contribution in [3.05, 3.63) is 23.8 Å². The summed E-state index contributed by atoms with van der Waals surface area (Å²) in [7, 11) is 0. The van der Waals surface area contributed by atoms with E-state index in [1.807, 2.05) is 0 Å². The maximum Gasteiger partial charge on any atom is 0.228 e. The number of hydrogen-bond donors (Lipinski definition) is 2. The predicted molar refractivity (Wildman–Crippen MR) is 63.9 cm³/mol. The van der Waals surface area contributed by atoms with Gasteiger partial charge in [0.15, 0.2) is 0 Å². The molecule has 4 nitrogen and oxygen atoms in total. The van der Waals surface area contributed by atoms with Gasteiger partial charge < -0.3 is 15.5 Å². The van der Waals surface area contributed by atoms with E-state index in [2.05, 4.69) is 33.7 Å². The van der Waals surface area contributed by atoms with E-state index >= 15 is 0 Å². The van der Waals surface area contributed by atoms with Crippen LogP contribution in [0.15, 0.2) is 18.2 Å². The lowest BCUT2D eigenvalue weighted by Gasteiger charge is -2.29. The molecule has 1 aromatic rings. The normalized spacial score (nSPS) is 19.5. The molecule has 0 aliphatic carbocycles. The first-order valence-electron chi connectivity index (χ1n) is 5.71. The Morgan fingerprint density at radius 3 is 2.81 bits per heavy atom. The predicted octanol–water partition coefficient (Wildman–Crippen LogP) is 0.591. The lowest BCUT2D eigenvalue weighted by atomic mass is 10.1. The van der Waals surface area contributed by atoms with E-state index in [9.17, 15) is 4.79 Å². The molecule has 0 bridgehead atoms. The van der Waals surface area contributed by atoms with Crippen LogP contribution in [0.2, 0.25) is 0 Å². The summed E-state index contributed by atoms with van der Waals surface area (Å²) in [6.45, 7) is 4.13. The second-order valence-electron chi connectivity index (χ2n) is 4.30. The second-order valence-corrected chi connectivity index (χ2v) is 4.30. The van der Waals surface area contributed by atoms with Crippen molar-refractivity contribution in [2.75, 3.05) is 36.4 Å².